The second-order valence-corrected chi connectivity index (χ2v) is 5.10. The molecule has 0 spiro atoms. The molecule has 1 N–H and O–H groups in total. The van der Waals surface area contributed by atoms with Crippen LogP contribution in [0.1, 0.15) is 10.4 Å². The molecule has 0 unspecified atom stereocenters. The lowest BCUT2D eigenvalue weighted by atomic mass is 10.1. The number of carbonyl (C=O) groups excluding carboxylic acids is 1. The fourth-order valence-corrected chi connectivity index (χ4v) is 2.39. The number of ether oxygens (including phenoxy) is 1. The van der Waals surface area contributed by atoms with Crippen molar-refractivity contribution in [2.45, 2.75) is 0 Å². The Hall–Kier alpha value is -2.49. The molecule has 108 valence electrons. The number of carbonyl (C=O) groups is 1. The Bertz CT molecular complexity index is 640. The average Bonchev–Trinajstić information content (AvgIpc) is 2.55. The number of nitrogens with zero attached hydrogens (tertiary/aromatic N) is 1. The van der Waals surface area contributed by atoms with Crippen LogP contribution in [0.3, 0.4) is 0 Å². The largest absolute Gasteiger partial charge is 0.490 e. The predicted molar refractivity (Wildman–Crippen MR) is 84.5 cm³/mol. The zero-order valence-corrected chi connectivity index (χ0v) is 12.0. The molecule has 4 heteroatoms. The van der Waals surface area contributed by atoms with E-state index in [0.29, 0.717) is 18.7 Å². The molecule has 0 saturated carbocycles. The smallest absolute Gasteiger partial charge is 0.182 e. The number of rotatable bonds is 4. The molecule has 21 heavy (non-hydrogen) atoms. The van der Waals surface area contributed by atoms with Crippen molar-refractivity contribution in [3.63, 3.8) is 0 Å². The van der Waals surface area contributed by atoms with E-state index in [9.17, 15) is 4.79 Å². The van der Waals surface area contributed by atoms with E-state index in [4.69, 9.17) is 4.74 Å². The third-order valence-electron chi connectivity index (χ3n) is 3.55. The third-order valence-corrected chi connectivity index (χ3v) is 3.55. The molecule has 0 amide bonds. The Morgan fingerprint density at radius 3 is 2.86 bits per heavy atom. The van der Waals surface area contributed by atoms with Crippen LogP contribution in [0, 0.1) is 0 Å². The van der Waals surface area contributed by atoms with Crippen LogP contribution in [0.4, 0.5) is 11.4 Å². The summed E-state index contributed by atoms with van der Waals surface area (Å²) in [4.78, 5) is 14.4. The van der Waals surface area contributed by atoms with Crippen molar-refractivity contribution in [3.8, 4) is 5.75 Å². The number of Topliss-reactive ketones (excluding diaryl/α,β-unsaturated/α-hetero) is 1. The van der Waals surface area contributed by atoms with Crippen LogP contribution < -0.4 is 15.0 Å². The zero-order chi connectivity index (χ0) is 14.7. The van der Waals surface area contributed by atoms with Gasteiger partial charge in [0.1, 0.15) is 12.4 Å². The maximum atomic E-state index is 12.4. The molecule has 0 saturated heterocycles. The zero-order valence-electron chi connectivity index (χ0n) is 12.0. The fourth-order valence-electron chi connectivity index (χ4n) is 2.39. The maximum absolute atomic E-state index is 12.4. The molecule has 0 radical (unpaired) electrons. The van der Waals surface area contributed by atoms with E-state index in [1.807, 2.05) is 60.5 Å². The molecule has 0 fully saturated rings. The van der Waals surface area contributed by atoms with Gasteiger partial charge in [-0.2, -0.15) is 0 Å². The van der Waals surface area contributed by atoms with Gasteiger partial charge in [0.2, 0.25) is 0 Å². The number of para-hydroxylation sites is 1. The SMILES string of the molecule is CN(CC(=O)c1ccc2c(c1)NCCO2)c1ccccc1. The van der Waals surface area contributed by atoms with Gasteiger partial charge >= 0.3 is 0 Å². The van der Waals surface area contributed by atoms with Gasteiger partial charge in [-0.1, -0.05) is 18.2 Å². The van der Waals surface area contributed by atoms with E-state index in [1.165, 1.54) is 0 Å². The summed E-state index contributed by atoms with van der Waals surface area (Å²) in [7, 11) is 1.92. The Kier molecular flexibility index (Phi) is 3.77. The molecule has 1 aliphatic heterocycles. The van der Waals surface area contributed by atoms with Gasteiger partial charge in [0.15, 0.2) is 5.78 Å². The number of likely N-dealkylation sites (N-methyl/N-ethyl adjacent to an activating group) is 1. The highest BCUT2D eigenvalue weighted by atomic mass is 16.5. The van der Waals surface area contributed by atoms with Gasteiger partial charge < -0.3 is 15.0 Å². The molecule has 0 aliphatic carbocycles. The third kappa shape index (κ3) is 2.99. The summed E-state index contributed by atoms with van der Waals surface area (Å²) in [5, 5.41) is 3.25. The first kappa shape index (κ1) is 13.5. The Morgan fingerprint density at radius 1 is 1.24 bits per heavy atom. The normalized spacial score (nSPS) is 12.8. The van der Waals surface area contributed by atoms with Crippen molar-refractivity contribution in [1.82, 2.24) is 0 Å². The predicted octanol–water partition coefficient (Wildman–Crippen LogP) is 2.81. The summed E-state index contributed by atoms with van der Waals surface area (Å²) in [6.45, 7) is 1.79. The standard InChI is InChI=1S/C17H18N2O2/c1-19(14-5-3-2-4-6-14)12-16(20)13-7-8-17-15(11-13)18-9-10-21-17/h2-8,11,18H,9-10,12H2,1H3. The first-order chi connectivity index (χ1) is 10.2. The first-order valence-corrected chi connectivity index (χ1v) is 7.04. The first-order valence-electron chi connectivity index (χ1n) is 7.04. The molecule has 1 aliphatic rings. The molecule has 3 rings (SSSR count). The minimum atomic E-state index is 0.0940. The number of hydrogen-bond acceptors (Lipinski definition) is 4. The molecule has 2 aromatic rings. The van der Waals surface area contributed by atoms with Crippen molar-refractivity contribution in [1.29, 1.82) is 0 Å². The Labute approximate surface area is 124 Å². The summed E-state index contributed by atoms with van der Waals surface area (Å²) in [5.41, 5.74) is 2.63. The summed E-state index contributed by atoms with van der Waals surface area (Å²) in [6.07, 6.45) is 0. The highest BCUT2D eigenvalue weighted by Gasteiger charge is 2.14. The van der Waals surface area contributed by atoms with E-state index < -0.39 is 0 Å². The molecular weight excluding hydrogens is 264 g/mol. The van der Waals surface area contributed by atoms with Crippen LogP contribution in [0.2, 0.25) is 0 Å². The van der Waals surface area contributed by atoms with Gasteiger partial charge in [-0.15, -0.1) is 0 Å². The molecular formula is C17H18N2O2. The van der Waals surface area contributed by atoms with Crippen LogP contribution in [0.5, 0.6) is 5.75 Å². The molecule has 4 nitrogen and oxygen atoms in total. The molecule has 2 aromatic carbocycles. The molecule has 0 bridgehead atoms. The lowest BCUT2D eigenvalue weighted by Gasteiger charge is -2.21. The van der Waals surface area contributed by atoms with Crippen molar-refractivity contribution < 1.29 is 9.53 Å². The highest BCUT2D eigenvalue weighted by Crippen LogP contribution is 2.28. The summed E-state index contributed by atoms with van der Waals surface area (Å²) >= 11 is 0. The van der Waals surface area contributed by atoms with Crippen LogP contribution >= 0.6 is 0 Å². The van der Waals surface area contributed by atoms with E-state index in [0.717, 1.165) is 23.7 Å². The van der Waals surface area contributed by atoms with Crippen LogP contribution in [-0.4, -0.2) is 32.5 Å². The Morgan fingerprint density at radius 2 is 2.05 bits per heavy atom. The van der Waals surface area contributed by atoms with Gasteiger partial charge in [-0.05, 0) is 30.3 Å². The quantitative estimate of drug-likeness (QED) is 0.876. The van der Waals surface area contributed by atoms with Gasteiger partial charge in [-0.25, -0.2) is 0 Å². The average molecular weight is 282 g/mol. The van der Waals surface area contributed by atoms with Crippen molar-refractivity contribution in [2.75, 3.05) is 37.0 Å². The topological polar surface area (TPSA) is 41.6 Å². The van der Waals surface area contributed by atoms with Gasteiger partial charge in [-0.3, -0.25) is 4.79 Å². The summed E-state index contributed by atoms with van der Waals surface area (Å²) in [6, 6.07) is 15.5. The number of hydrogen-bond donors (Lipinski definition) is 1. The minimum absolute atomic E-state index is 0.0940. The molecule has 0 atom stereocenters. The minimum Gasteiger partial charge on any atom is -0.490 e. The van der Waals surface area contributed by atoms with Crippen molar-refractivity contribution in [3.05, 3.63) is 54.1 Å². The molecule has 0 aromatic heterocycles. The molecule has 1 heterocycles. The summed E-state index contributed by atoms with van der Waals surface area (Å²) in [5.74, 6) is 0.908. The maximum Gasteiger partial charge on any atom is 0.182 e. The van der Waals surface area contributed by atoms with E-state index in [1.54, 1.807) is 0 Å². The number of anilines is 2. The van der Waals surface area contributed by atoms with Gasteiger partial charge in [0.25, 0.3) is 0 Å². The van der Waals surface area contributed by atoms with E-state index >= 15 is 0 Å². The number of fused-ring (bicyclic) bond motifs is 1. The number of ketones is 1. The number of nitrogens with one attached hydrogen (secondary N) is 1. The summed E-state index contributed by atoms with van der Waals surface area (Å²) < 4.78 is 5.52. The van der Waals surface area contributed by atoms with Crippen molar-refractivity contribution >= 4 is 17.2 Å². The van der Waals surface area contributed by atoms with Gasteiger partial charge in [0.05, 0.1) is 12.2 Å². The van der Waals surface area contributed by atoms with Crippen LogP contribution in [0.15, 0.2) is 48.5 Å². The van der Waals surface area contributed by atoms with E-state index in [-0.39, 0.29) is 5.78 Å². The monoisotopic (exact) mass is 282 g/mol. The van der Waals surface area contributed by atoms with E-state index in [2.05, 4.69) is 5.32 Å². The Balaban J connectivity index is 1.73. The second-order valence-electron chi connectivity index (χ2n) is 5.10. The van der Waals surface area contributed by atoms with Crippen LogP contribution in [0.25, 0.3) is 0 Å². The highest BCUT2D eigenvalue weighted by molar-refractivity contribution is 6.00. The van der Waals surface area contributed by atoms with Crippen molar-refractivity contribution in [2.24, 2.45) is 0 Å². The number of benzene rings is 2. The lowest BCUT2D eigenvalue weighted by molar-refractivity contribution is 0.100. The second kappa shape index (κ2) is 5.87. The lowest BCUT2D eigenvalue weighted by Crippen LogP contribution is -2.26. The van der Waals surface area contributed by atoms with Crippen LogP contribution in [-0.2, 0) is 0 Å². The van der Waals surface area contributed by atoms with Gasteiger partial charge in [0, 0.05) is 24.8 Å². The fraction of sp³-hybridized carbons (Fsp3) is 0.235.